The molecule has 0 aliphatic carbocycles. The van der Waals surface area contributed by atoms with Gasteiger partial charge in [0.1, 0.15) is 4.90 Å². The number of hydrogen-bond donors (Lipinski definition) is 3. The average molecular weight is 285 g/mol. The molecule has 0 fully saturated rings. The Morgan fingerprint density at radius 2 is 2.16 bits per heavy atom. The van der Waals surface area contributed by atoms with Gasteiger partial charge < -0.3 is 15.8 Å². The Morgan fingerprint density at radius 3 is 2.68 bits per heavy atom. The number of primary sulfonamides is 1. The summed E-state index contributed by atoms with van der Waals surface area (Å²) >= 11 is 0. The number of nitrogens with one attached hydrogen (secondary N) is 1. The molecule has 0 saturated heterocycles. The summed E-state index contributed by atoms with van der Waals surface area (Å²) < 4.78 is 27.7. The molecule has 6 nitrogen and oxygen atoms in total. The Bertz CT molecular complexity index is 555. The van der Waals surface area contributed by atoms with Gasteiger partial charge in [0, 0.05) is 12.2 Å². The van der Waals surface area contributed by atoms with Crippen molar-refractivity contribution in [1.29, 1.82) is 0 Å². The number of ether oxygens (including phenoxy) is 1. The molecule has 7 heteroatoms. The second kappa shape index (κ2) is 6.55. The normalized spacial score (nSPS) is 11.3. The van der Waals surface area contributed by atoms with E-state index in [9.17, 15) is 8.42 Å². The maximum absolute atomic E-state index is 11.2. The van der Waals surface area contributed by atoms with Crippen LogP contribution in [0.3, 0.4) is 0 Å². The Balaban J connectivity index is 2.53. The molecule has 0 aromatic heterocycles. The van der Waals surface area contributed by atoms with Crippen LogP contribution < -0.4 is 16.2 Å². The van der Waals surface area contributed by atoms with E-state index in [1.165, 1.54) is 12.1 Å². The highest BCUT2D eigenvalue weighted by molar-refractivity contribution is 7.89. The first-order chi connectivity index (χ1) is 8.80. The van der Waals surface area contributed by atoms with E-state index in [4.69, 9.17) is 15.6 Å². The van der Waals surface area contributed by atoms with Crippen LogP contribution in [0.4, 0.5) is 11.4 Å². The van der Waals surface area contributed by atoms with E-state index in [1.807, 2.05) is 6.92 Å². The van der Waals surface area contributed by atoms with Crippen molar-refractivity contribution in [3.05, 3.63) is 30.4 Å². The minimum absolute atomic E-state index is 0.0726. The van der Waals surface area contributed by atoms with Crippen molar-refractivity contribution >= 4 is 21.4 Å². The standard InChI is InChI=1S/C12H19N3O3S/c1-9(2)8-18-6-5-15-10-3-4-12(11(13)7-10)19(14,16)17/h3-4,7,15H,1,5-6,8,13H2,2H3,(H2,14,16,17). The van der Waals surface area contributed by atoms with Gasteiger partial charge in [0.15, 0.2) is 0 Å². The third-order valence-electron chi connectivity index (χ3n) is 2.24. The monoisotopic (exact) mass is 285 g/mol. The van der Waals surface area contributed by atoms with Crippen LogP contribution in [-0.2, 0) is 14.8 Å². The number of anilines is 2. The molecule has 0 bridgehead atoms. The van der Waals surface area contributed by atoms with Crippen molar-refractivity contribution in [3.8, 4) is 0 Å². The number of rotatable bonds is 7. The third-order valence-corrected chi connectivity index (χ3v) is 3.23. The Kier molecular flexibility index (Phi) is 5.34. The molecule has 0 aliphatic rings. The van der Waals surface area contributed by atoms with Crippen LogP contribution in [0.15, 0.2) is 35.2 Å². The Labute approximate surface area is 113 Å². The van der Waals surface area contributed by atoms with Gasteiger partial charge in [0.2, 0.25) is 10.0 Å². The molecule has 19 heavy (non-hydrogen) atoms. The zero-order valence-electron chi connectivity index (χ0n) is 10.8. The number of nitrogen functional groups attached to an aromatic ring is 1. The molecule has 0 unspecified atom stereocenters. The first kappa shape index (κ1) is 15.5. The van der Waals surface area contributed by atoms with Crippen LogP contribution in [0.25, 0.3) is 0 Å². The van der Waals surface area contributed by atoms with Crippen LogP contribution >= 0.6 is 0 Å². The topological polar surface area (TPSA) is 107 Å². The number of nitrogens with two attached hydrogens (primary N) is 2. The summed E-state index contributed by atoms with van der Waals surface area (Å²) in [5.41, 5.74) is 7.43. The largest absolute Gasteiger partial charge is 0.398 e. The van der Waals surface area contributed by atoms with E-state index < -0.39 is 10.0 Å². The second-order valence-electron chi connectivity index (χ2n) is 4.23. The number of sulfonamides is 1. The van der Waals surface area contributed by atoms with Crippen molar-refractivity contribution in [2.45, 2.75) is 11.8 Å². The van der Waals surface area contributed by atoms with Gasteiger partial charge in [-0.05, 0) is 25.1 Å². The summed E-state index contributed by atoms with van der Waals surface area (Å²) in [5, 5.41) is 8.09. The quantitative estimate of drug-likeness (QED) is 0.392. The maximum Gasteiger partial charge on any atom is 0.240 e. The van der Waals surface area contributed by atoms with Gasteiger partial charge in [-0.15, -0.1) is 0 Å². The third kappa shape index (κ3) is 5.29. The Hall–Kier alpha value is -1.57. The summed E-state index contributed by atoms with van der Waals surface area (Å²) in [6, 6.07) is 4.51. The van der Waals surface area contributed by atoms with Crippen molar-refractivity contribution in [1.82, 2.24) is 0 Å². The van der Waals surface area contributed by atoms with E-state index in [2.05, 4.69) is 11.9 Å². The minimum atomic E-state index is -3.78. The highest BCUT2D eigenvalue weighted by Gasteiger charge is 2.11. The average Bonchev–Trinajstić information content (AvgIpc) is 2.26. The Morgan fingerprint density at radius 1 is 1.47 bits per heavy atom. The summed E-state index contributed by atoms with van der Waals surface area (Å²) in [7, 11) is -3.78. The van der Waals surface area contributed by atoms with Crippen molar-refractivity contribution < 1.29 is 13.2 Å². The van der Waals surface area contributed by atoms with Gasteiger partial charge in [-0.3, -0.25) is 0 Å². The maximum atomic E-state index is 11.2. The van der Waals surface area contributed by atoms with E-state index in [-0.39, 0.29) is 10.6 Å². The molecular formula is C12H19N3O3S. The first-order valence-corrected chi connectivity index (χ1v) is 7.23. The lowest BCUT2D eigenvalue weighted by molar-refractivity contribution is 0.167. The van der Waals surface area contributed by atoms with Crippen molar-refractivity contribution in [2.24, 2.45) is 5.14 Å². The molecule has 0 spiro atoms. The summed E-state index contributed by atoms with van der Waals surface area (Å²) in [6.45, 7) is 7.24. The molecule has 0 aliphatic heterocycles. The van der Waals surface area contributed by atoms with Gasteiger partial charge >= 0.3 is 0 Å². The second-order valence-corrected chi connectivity index (χ2v) is 5.76. The van der Waals surface area contributed by atoms with Gasteiger partial charge in [0.05, 0.1) is 18.9 Å². The molecule has 106 valence electrons. The highest BCUT2D eigenvalue weighted by atomic mass is 32.2. The molecule has 0 saturated carbocycles. The lowest BCUT2D eigenvalue weighted by Gasteiger charge is -2.09. The fourth-order valence-electron chi connectivity index (χ4n) is 1.43. The van der Waals surface area contributed by atoms with Gasteiger partial charge in [-0.25, -0.2) is 13.6 Å². The van der Waals surface area contributed by atoms with Crippen LogP contribution in [0, 0.1) is 0 Å². The van der Waals surface area contributed by atoms with E-state index in [0.29, 0.717) is 25.4 Å². The van der Waals surface area contributed by atoms with E-state index in [1.54, 1.807) is 6.07 Å². The molecule has 0 heterocycles. The predicted octanol–water partition coefficient (Wildman–Crippen LogP) is 0.921. The molecule has 1 aromatic rings. The summed E-state index contributed by atoms with van der Waals surface area (Å²) in [5.74, 6) is 0. The van der Waals surface area contributed by atoms with Crippen molar-refractivity contribution in [2.75, 3.05) is 30.8 Å². The van der Waals surface area contributed by atoms with E-state index >= 15 is 0 Å². The van der Waals surface area contributed by atoms with Crippen molar-refractivity contribution in [3.63, 3.8) is 0 Å². The van der Waals surface area contributed by atoms with Gasteiger partial charge in [-0.2, -0.15) is 0 Å². The lowest BCUT2D eigenvalue weighted by Crippen LogP contribution is -2.15. The molecule has 1 aromatic carbocycles. The van der Waals surface area contributed by atoms with E-state index in [0.717, 1.165) is 5.57 Å². The van der Waals surface area contributed by atoms with Crippen LogP contribution in [0.5, 0.6) is 0 Å². The zero-order valence-corrected chi connectivity index (χ0v) is 11.7. The van der Waals surface area contributed by atoms with Gasteiger partial charge in [-0.1, -0.05) is 12.2 Å². The fraction of sp³-hybridized carbons (Fsp3) is 0.333. The number of hydrogen-bond acceptors (Lipinski definition) is 5. The van der Waals surface area contributed by atoms with Crippen LogP contribution in [-0.4, -0.2) is 28.2 Å². The van der Waals surface area contributed by atoms with Crippen LogP contribution in [0.2, 0.25) is 0 Å². The molecule has 0 atom stereocenters. The lowest BCUT2D eigenvalue weighted by atomic mass is 10.3. The zero-order chi connectivity index (χ0) is 14.5. The molecule has 0 radical (unpaired) electrons. The fourth-order valence-corrected chi connectivity index (χ4v) is 2.08. The summed E-state index contributed by atoms with van der Waals surface area (Å²) in [6.07, 6.45) is 0. The molecule has 5 N–H and O–H groups in total. The molecule has 1 rings (SSSR count). The van der Waals surface area contributed by atoms with Gasteiger partial charge in [0.25, 0.3) is 0 Å². The molecule has 0 amide bonds. The smallest absolute Gasteiger partial charge is 0.240 e. The first-order valence-electron chi connectivity index (χ1n) is 5.69. The minimum Gasteiger partial charge on any atom is -0.398 e. The molecular weight excluding hydrogens is 266 g/mol. The predicted molar refractivity (Wildman–Crippen MR) is 76.4 cm³/mol. The SMILES string of the molecule is C=C(C)COCCNc1ccc(S(N)(=O)=O)c(N)c1. The number of benzene rings is 1. The highest BCUT2D eigenvalue weighted by Crippen LogP contribution is 2.21. The summed E-state index contributed by atoms with van der Waals surface area (Å²) in [4.78, 5) is -0.0726. The van der Waals surface area contributed by atoms with Crippen LogP contribution in [0.1, 0.15) is 6.92 Å².